The average Bonchev–Trinajstić information content (AvgIpc) is 2.74. The molecule has 4 nitrogen and oxygen atoms in total. The molecule has 0 unspecified atom stereocenters. The normalized spacial score (nSPS) is 10.7. The summed E-state index contributed by atoms with van der Waals surface area (Å²) in [6.07, 6.45) is 6.84. The molecule has 2 aromatic carbocycles. The van der Waals surface area contributed by atoms with Crippen molar-refractivity contribution >= 4 is 11.9 Å². The van der Waals surface area contributed by atoms with Crippen LogP contribution in [0, 0.1) is 6.92 Å². The van der Waals surface area contributed by atoms with Crippen molar-refractivity contribution in [3.8, 4) is 17.2 Å². The number of ketones is 1. The predicted octanol–water partition coefficient (Wildman–Crippen LogP) is 6.03. The van der Waals surface area contributed by atoms with E-state index >= 15 is 0 Å². The zero-order valence-electron chi connectivity index (χ0n) is 17.6. The first-order chi connectivity index (χ1) is 14.1. The van der Waals surface area contributed by atoms with Crippen molar-refractivity contribution < 1.29 is 19.0 Å². The van der Waals surface area contributed by atoms with Gasteiger partial charge in [-0.25, -0.2) is 0 Å². The Labute approximate surface area is 173 Å². The van der Waals surface area contributed by atoms with Gasteiger partial charge in [-0.15, -0.1) is 0 Å². The molecular weight excluding hydrogens is 364 g/mol. The van der Waals surface area contributed by atoms with Crippen molar-refractivity contribution in [2.45, 2.75) is 33.6 Å². The zero-order valence-corrected chi connectivity index (χ0v) is 17.6. The fraction of sp³-hybridized carbons (Fsp3) is 0.320. The molecular formula is C25H30O4. The Morgan fingerprint density at radius 3 is 2.31 bits per heavy atom. The van der Waals surface area contributed by atoms with E-state index in [1.165, 1.54) is 0 Å². The average molecular weight is 395 g/mol. The highest BCUT2D eigenvalue weighted by Gasteiger charge is 2.13. The molecule has 154 valence electrons. The van der Waals surface area contributed by atoms with E-state index < -0.39 is 0 Å². The molecule has 4 heteroatoms. The molecule has 2 rings (SSSR count). The lowest BCUT2D eigenvalue weighted by atomic mass is 10.1. The van der Waals surface area contributed by atoms with Crippen molar-refractivity contribution in [2.24, 2.45) is 0 Å². The molecule has 29 heavy (non-hydrogen) atoms. The molecule has 0 atom stereocenters. The number of rotatable bonds is 12. The standard InChI is InChI=1S/C25H30O4/c1-5-16-27-21-11-9-20(10-12-21)23(26)14-13-22-24(28-17-6-2)15-8-19(4)25(22)29-18-7-3/h5,8-15H,1,6-7,16-18H2,2-4H3/b14-13+. The first-order valence-corrected chi connectivity index (χ1v) is 10.1. The van der Waals surface area contributed by atoms with Gasteiger partial charge in [-0.05, 0) is 67.8 Å². The maximum Gasteiger partial charge on any atom is 0.185 e. The van der Waals surface area contributed by atoms with Gasteiger partial charge in [0.15, 0.2) is 5.78 Å². The van der Waals surface area contributed by atoms with Gasteiger partial charge in [0.25, 0.3) is 0 Å². The van der Waals surface area contributed by atoms with Crippen LogP contribution in [0.25, 0.3) is 6.08 Å². The van der Waals surface area contributed by atoms with E-state index in [1.54, 1.807) is 42.5 Å². The Morgan fingerprint density at radius 1 is 0.966 bits per heavy atom. The third kappa shape index (κ3) is 6.53. The number of aryl methyl sites for hydroxylation is 1. The monoisotopic (exact) mass is 394 g/mol. The molecule has 0 saturated heterocycles. The number of allylic oxidation sites excluding steroid dienone is 1. The third-order valence-corrected chi connectivity index (χ3v) is 4.17. The molecule has 0 bridgehead atoms. The Balaban J connectivity index is 2.27. The van der Waals surface area contributed by atoms with Gasteiger partial charge in [-0.3, -0.25) is 4.79 Å². The molecule has 0 aliphatic rings. The molecule has 0 N–H and O–H groups in total. The number of ether oxygens (including phenoxy) is 3. The molecule has 0 radical (unpaired) electrons. The maximum atomic E-state index is 12.7. The summed E-state index contributed by atoms with van der Waals surface area (Å²) in [5.74, 6) is 2.10. The summed E-state index contributed by atoms with van der Waals surface area (Å²) >= 11 is 0. The van der Waals surface area contributed by atoms with Crippen molar-refractivity contribution in [3.63, 3.8) is 0 Å². The highest BCUT2D eigenvalue weighted by atomic mass is 16.5. The summed E-state index contributed by atoms with van der Waals surface area (Å²) in [4.78, 5) is 12.7. The third-order valence-electron chi connectivity index (χ3n) is 4.17. The first-order valence-electron chi connectivity index (χ1n) is 10.1. The van der Waals surface area contributed by atoms with E-state index in [2.05, 4.69) is 20.4 Å². The smallest absolute Gasteiger partial charge is 0.185 e. The second-order valence-corrected chi connectivity index (χ2v) is 6.64. The summed E-state index contributed by atoms with van der Waals surface area (Å²) in [7, 11) is 0. The summed E-state index contributed by atoms with van der Waals surface area (Å²) in [6, 6.07) is 11.0. The summed E-state index contributed by atoms with van der Waals surface area (Å²) in [6.45, 7) is 11.4. The number of carbonyl (C=O) groups excluding carboxylic acids is 1. The summed E-state index contributed by atoms with van der Waals surface area (Å²) in [5, 5.41) is 0. The van der Waals surface area contributed by atoms with Gasteiger partial charge in [0, 0.05) is 5.56 Å². The second kappa shape index (κ2) is 11.7. The van der Waals surface area contributed by atoms with E-state index in [0.717, 1.165) is 35.5 Å². The van der Waals surface area contributed by atoms with Gasteiger partial charge in [-0.1, -0.05) is 32.6 Å². The number of carbonyl (C=O) groups is 1. The van der Waals surface area contributed by atoms with Gasteiger partial charge in [-0.2, -0.15) is 0 Å². The highest BCUT2D eigenvalue weighted by Crippen LogP contribution is 2.34. The Morgan fingerprint density at radius 2 is 1.66 bits per heavy atom. The van der Waals surface area contributed by atoms with Crippen LogP contribution in [0.1, 0.15) is 48.2 Å². The van der Waals surface area contributed by atoms with Crippen molar-refractivity contribution in [1.82, 2.24) is 0 Å². The number of hydrogen-bond acceptors (Lipinski definition) is 4. The van der Waals surface area contributed by atoms with Crippen molar-refractivity contribution in [2.75, 3.05) is 19.8 Å². The minimum atomic E-state index is -0.0929. The molecule has 0 fully saturated rings. The topological polar surface area (TPSA) is 44.8 Å². The van der Waals surface area contributed by atoms with E-state index in [-0.39, 0.29) is 5.78 Å². The van der Waals surface area contributed by atoms with E-state index in [1.807, 2.05) is 19.1 Å². The minimum absolute atomic E-state index is 0.0929. The molecule has 0 saturated carbocycles. The number of benzene rings is 2. The van der Waals surface area contributed by atoms with Crippen LogP contribution in [-0.2, 0) is 0 Å². The highest BCUT2D eigenvalue weighted by molar-refractivity contribution is 6.07. The molecule has 0 aliphatic carbocycles. The van der Waals surface area contributed by atoms with Crippen molar-refractivity contribution in [1.29, 1.82) is 0 Å². The maximum absolute atomic E-state index is 12.7. The van der Waals surface area contributed by atoms with Gasteiger partial charge in [0.2, 0.25) is 0 Å². The Kier molecular flexibility index (Phi) is 9.03. The van der Waals surface area contributed by atoms with Gasteiger partial charge < -0.3 is 14.2 Å². The fourth-order valence-corrected chi connectivity index (χ4v) is 2.71. The van der Waals surface area contributed by atoms with Gasteiger partial charge in [0.1, 0.15) is 23.9 Å². The van der Waals surface area contributed by atoms with Crippen LogP contribution in [0.5, 0.6) is 17.2 Å². The lowest BCUT2D eigenvalue weighted by Gasteiger charge is -2.16. The van der Waals surface area contributed by atoms with Crippen molar-refractivity contribution in [3.05, 3.63) is 71.8 Å². The molecule has 0 aliphatic heterocycles. The second-order valence-electron chi connectivity index (χ2n) is 6.64. The Bertz CT molecular complexity index is 835. The van der Waals surface area contributed by atoms with E-state index in [9.17, 15) is 4.79 Å². The van der Waals surface area contributed by atoms with Crippen LogP contribution < -0.4 is 14.2 Å². The predicted molar refractivity (Wildman–Crippen MR) is 118 cm³/mol. The quantitative estimate of drug-likeness (QED) is 0.250. The van der Waals surface area contributed by atoms with Crippen LogP contribution in [0.15, 0.2) is 55.1 Å². The lowest BCUT2D eigenvalue weighted by Crippen LogP contribution is -2.03. The largest absolute Gasteiger partial charge is 0.493 e. The molecule has 0 amide bonds. The van der Waals surface area contributed by atoms with Gasteiger partial charge >= 0.3 is 0 Å². The van der Waals surface area contributed by atoms with Crippen LogP contribution in [-0.4, -0.2) is 25.6 Å². The summed E-state index contributed by atoms with van der Waals surface area (Å²) in [5.41, 5.74) is 2.40. The van der Waals surface area contributed by atoms with Gasteiger partial charge in [0.05, 0.1) is 18.8 Å². The van der Waals surface area contributed by atoms with Crippen LogP contribution >= 0.6 is 0 Å². The van der Waals surface area contributed by atoms with Crippen LogP contribution in [0.2, 0.25) is 0 Å². The fourth-order valence-electron chi connectivity index (χ4n) is 2.71. The zero-order chi connectivity index (χ0) is 21.1. The van der Waals surface area contributed by atoms with E-state index in [4.69, 9.17) is 14.2 Å². The first kappa shape index (κ1) is 22.3. The molecule has 2 aromatic rings. The molecule has 0 aromatic heterocycles. The number of hydrogen-bond donors (Lipinski definition) is 0. The Hall–Kier alpha value is -3.01. The van der Waals surface area contributed by atoms with Crippen LogP contribution in [0.3, 0.4) is 0 Å². The minimum Gasteiger partial charge on any atom is -0.493 e. The molecule has 0 heterocycles. The SMILES string of the molecule is C=CCOc1ccc(C(=O)/C=C/c2c(OCCC)ccc(C)c2OCCC)cc1. The van der Waals surface area contributed by atoms with E-state index in [0.29, 0.717) is 31.1 Å². The molecule has 0 spiro atoms. The van der Waals surface area contributed by atoms with Crippen LogP contribution in [0.4, 0.5) is 0 Å². The lowest BCUT2D eigenvalue weighted by molar-refractivity contribution is 0.104. The summed E-state index contributed by atoms with van der Waals surface area (Å²) < 4.78 is 17.3.